The van der Waals surface area contributed by atoms with Crippen molar-refractivity contribution in [3.63, 3.8) is 0 Å². The van der Waals surface area contributed by atoms with Gasteiger partial charge in [-0.1, -0.05) is 11.6 Å². The number of halogens is 4. The number of hydrogen-bond donors (Lipinski definition) is 0. The minimum absolute atomic E-state index is 0.0222. The van der Waals surface area contributed by atoms with Crippen LogP contribution in [0.2, 0.25) is 5.02 Å². The highest BCUT2D eigenvalue weighted by molar-refractivity contribution is 6.30. The molecule has 2 fully saturated rings. The summed E-state index contributed by atoms with van der Waals surface area (Å²) in [5.41, 5.74) is -1.52. The molecule has 36 heavy (non-hydrogen) atoms. The fourth-order valence-electron chi connectivity index (χ4n) is 4.45. The molecule has 3 heterocycles. The van der Waals surface area contributed by atoms with Crippen LogP contribution in [0.15, 0.2) is 36.5 Å². The Morgan fingerprint density at radius 2 is 1.64 bits per heavy atom. The lowest BCUT2D eigenvalue weighted by Crippen LogP contribution is -2.49. The fourth-order valence-corrected chi connectivity index (χ4v) is 4.58. The van der Waals surface area contributed by atoms with Crippen LogP contribution in [0, 0.1) is 5.41 Å². The monoisotopic (exact) mass is 528 g/mol. The molecule has 1 aromatic carbocycles. The number of carbonyl (C=O) groups excluding carboxylic acids is 2. The van der Waals surface area contributed by atoms with Crippen LogP contribution in [0.3, 0.4) is 0 Å². The highest BCUT2D eigenvalue weighted by Gasteiger charge is 2.40. The van der Waals surface area contributed by atoms with E-state index in [-0.39, 0.29) is 24.8 Å². The van der Waals surface area contributed by atoms with E-state index in [4.69, 9.17) is 21.1 Å². The van der Waals surface area contributed by atoms with Crippen LogP contribution < -0.4 is 4.74 Å². The number of hydrogen-bond acceptors (Lipinski definition) is 5. The molecule has 4 rings (SSSR count). The van der Waals surface area contributed by atoms with Crippen molar-refractivity contribution in [3.8, 4) is 5.75 Å². The van der Waals surface area contributed by atoms with Gasteiger partial charge in [-0.15, -0.1) is 0 Å². The van der Waals surface area contributed by atoms with E-state index in [1.165, 1.54) is 0 Å². The van der Waals surface area contributed by atoms with E-state index in [1.54, 1.807) is 34.1 Å². The number of alkyl halides is 3. The molecule has 0 aliphatic carbocycles. The Labute approximate surface area is 211 Å². The third-order valence-electron chi connectivity index (χ3n) is 6.65. The summed E-state index contributed by atoms with van der Waals surface area (Å²) in [6, 6.07) is 7.82. The second kappa shape index (κ2) is 11.1. The Kier molecular flexibility index (Phi) is 8.09. The van der Waals surface area contributed by atoms with Crippen LogP contribution in [-0.2, 0) is 27.0 Å². The fraction of sp³-hybridized carbons (Fsp3) is 0.542. The summed E-state index contributed by atoms with van der Waals surface area (Å²) < 4.78 is 50.8. The lowest BCUT2D eigenvalue weighted by Gasteiger charge is -2.42. The summed E-state index contributed by atoms with van der Waals surface area (Å²) in [5, 5.41) is 4.05. The SMILES string of the molecule is O=C(Cn1ccc(C(F)(F)F)n1)N1CCC(COc2ccc(Cl)cc2)(CC(=O)N2CCOCC2)CC1. The summed E-state index contributed by atoms with van der Waals surface area (Å²) in [5.74, 6) is 0.336. The number of amides is 2. The van der Waals surface area contributed by atoms with E-state index in [0.717, 1.165) is 16.9 Å². The molecule has 0 radical (unpaired) electrons. The largest absolute Gasteiger partial charge is 0.493 e. The number of likely N-dealkylation sites (tertiary alicyclic amines) is 1. The van der Waals surface area contributed by atoms with E-state index in [0.29, 0.717) is 69.6 Å². The van der Waals surface area contributed by atoms with Crippen molar-refractivity contribution in [3.05, 3.63) is 47.2 Å². The van der Waals surface area contributed by atoms with E-state index >= 15 is 0 Å². The maximum atomic E-state index is 13.1. The Morgan fingerprint density at radius 3 is 2.25 bits per heavy atom. The first-order valence-corrected chi connectivity index (χ1v) is 12.1. The molecule has 0 atom stereocenters. The molecular formula is C24H28ClF3N4O4. The van der Waals surface area contributed by atoms with E-state index < -0.39 is 17.3 Å². The van der Waals surface area contributed by atoms with Gasteiger partial charge in [-0.2, -0.15) is 18.3 Å². The molecule has 12 heteroatoms. The zero-order chi connectivity index (χ0) is 25.8. The first-order valence-electron chi connectivity index (χ1n) is 11.8. The number of rotatable bonds is 7. The number of ether oxygens (including phenoxy) is 2. The van der Waals surface area contributed by atoms with Crippen molar-refractivity contribution < 1.29 is 32.2 Å². The number of piperidine rings is 1. The van der Waals surface area contributed by atoms with Gasteiger partial charge in [0.15, 0.2) is 5.69 Å². The summed E-state index contributed by atoms with van der Waals surface area (Å²) in [7, 11) is 0. The van der Waals surface area contributed by atoms with E-state index in [2.05, 4.69) is 5.10 Å². The van der Waals surface area contributed by atoms with Gasteiger partial charge in [0.05, 0.1) is 19.8 Å². The number of carbonyl (C=O) groups is 2. The van der Waals surface area contributed by atoms with Gasteiger partial charge in [0.2, 0.25) is 11.8 Å². The highest BCUT2D eigenvalue weighted by Crippen LogP contribution is 2.37. The Hall–Kier alpha value is -2.79. The van der Waals surface area contributed by atoms with Gasteiger partial charge in [-0.05, 0) is 43.2 Å². The van der Waals surface area contributed by atoms with Gasteiger partial charge in [0, 0.05) is 49.2 Å². The highest BCUT2D eigenvalue weighted by atomic mass is 35.5. The number of morpholine rings is 1. The second-order valence-corrected chi connectivity index (χ2v) is 9.63. The normalized spacial score (nSPS) is 18.2. The van der Waals surface area contributed by atoms with Crippen LogP contribution in [0.1, 0.15) is 25.0 Å². The summed E-state index contributed by atoms with van der Waals surface area (Å²) >= 11 is 5.95. The molecule has 0 saturated carbocycles. The summed E-state index contributed by atoms with van der Waals surface area (Å²) in [6.45, 7) is 2.84. The van der Waals surface area contributed by atoms with Crippen molar-refractivity contribution in [2.45, 2.75) is 32.0 Å². The van der Waals surface area contributed by atoms with Crippen molar-refractivity contribution in [2.24, 2.45) is 5.41 Å². The molecule has 8 nitrogen and oxygen atoms in total. The Bertz CT molecular complexity index is 1050. The summed E-state index contributed by atoms with van der Waals surface area (Å²) in [6.07, 6.45) is -2.09. The smallest absolute Gasteiger partial charge is 0.435 e. The average molecular weight is 529 g/mol. The van der Waals surface area contributed by atoms with Crippen LogP contribution in [0.5, 0.6) is 5.75 Å². The van der Waals surface area contributed by atoms with Gasteiger partial charge >= 0.3 is 6.18 Å². The maximum Gasteiger partial charge on any atom is 0.435 e. The molecule has 2 aliphatic heterocycles. The molecule has 196 valence electrons. The van der Waals surface area contributed by atoms with Crippen LogP contribution in [0.25, 0.3) is 0 Å². The molecule has 2 aliphatic rings. The average Bonchev–Trinajstić information content (AvgIpc) is 3.34. The topological polar surface area (TPSA) is 76.9 Å². The molecule has 2 saturated heterocycles. The van der Waals surface area contributed by atoms with Gasteiger partial charge < -0.3 is 19.3 Å². The second-order valence-electron chi connectivity index (χ2n) is 9.19. The van der Waals surface area contributed by atoms with Crippen LogP contribution in [-0.4, -0.2) is 77.4 Å². The number of benzene rings is 1. The predicted molar refractivity (Wildman–Crippen MR) is 124 cm³/mol. The van der Waals surface area contributed by atoms with E-state index in [9.17, 15) is 22.8 Å². The van der Waals surface area contributed by atoms with Gasteiger partial charge in [0.25, 0.3) is 0 Å². The molecule has 0 N–H and O–H groups in total. The Balaban J connectivity index is 1.39. The molecule has 2 amide bonds. The van der Waals surface area contributed by atoms with Crippen molar-refractivity contribution in [1.82, 2.24) is 19.6 Å². The van der Waals surface area contributed by atoms with E-state index in [1.807, 2.05) is 0 Å². The van der Waals surface area contributed by atoms with Crippen molar-refractivity contribution in [2.75, 3.05) is 46.0 Å². The minimum Gasteiger partial charge on any atom is -0.493 e. The van der Waals surface area contributed by atoms with Gasteiger partial charge in [0.1, 0.15) is 12.3 Å². The lowest BCUT2D eigenvalue weighted by atomic mass is 9.75. The molecule has 2 aromatic rings. The third-order valence-corrected chi connectivity index (χ3v) is 6.91. The number of nitrogens with zero attached hydrogens (tertiary/aromatic N) is 4. The molecule has 1 aromatic heterocycles. The third kappa shape index (κ3) is 6.70. The van der Waals surface area contributed by atoms with Crippen LogP contribution in [0.4, 0.5) is 13.2 Å². The first-order chi connectivity index (χ1) is 17.1. The maximum absolute atomic E-state index is 13.1. The van der Waals surface area contributed by atoms with Gasteiger partial charge in [-0.3, -0.25) is 14.3 Å². The number of aromatic nitrogens is 2. The lowest BCUT2D eigenvalue weighted by molar-refractivity contribution is -0.143. The summed E-state index contributed by atoms with van der Waals surface area (Å²) in [4.78, 5) is 29.2. The van der Waals surface area contributed by atoms with Crippen molar-refractivity contribution in [1.29, 1.82) is 0 Å². The molecule has 0 spiro atoms. The van der Waals surface area contributed by atoms with Crippen LogP contribution >= 0.6 is 11.6 Å². The molecule has 0 unspecified atom stereocenters. The zero-order valence-corrected chi connectivity index (χ0v) is 20.4. The minimum atomic E-state index is -4.56. The standard InChI is InChI=1S/C24H28ClF3N4O4/c25-18-1-3-19(4-2-18)36-17-23(15-21(33)31-11-13-35-14-12-31)6-9-30(10-7-23)22(34)16-32-8-5-20(29-32)24(26,27)28/h1-5,8H,6-7,9-17H2. The molecular weight excluding hydrogens is 501 g/mol. The zero-order valence-electron chi connectivity index (χ0n) is 19.7. The van der Waals surface area contributed by atoms with Crippen molar-refractivity contribution >= 4 is 23.4 Å². The Morgan fingerprint density at radius 1 is 1.00 bits per heavy atom. The quantitative estimate of drug-likeness (QED) is 0.550. The molecule has 0 bridgehead atoms. The van der Waals surface area contributed by atoms with Gasteiger partial charge in [-0.25, -0.2) is 0 Å². The predicted octanol–water partition coefficient (Wildman–Crippen LogP) is 3.49. The first kappa shape index (κ1) is 26.3.